The van der Waals surface area contributed by atoms with E-state index in [1.807, 2.05) is 44.1 Å². The molecule has 0 atom stereocenters. The molecule has 4 aromatic rings. The average Bonchev–Trinajstić information content (AvgIpc) is 3.50. The lowest BCUT2D eigenvalue weighted by Crippen LogP contribution is -2.25. The second-order valence-corrected chi connectivity index (χ2v) is 8.35. The van der Waals surface area contributed by atoms with Gasteiger partial charge in [0.15, 0.2) is 5.76 Å². The van der Waals surface area contributed by atoms with Gasteiger partial charge in [0.1, 0.15) is 23.8 Å². The lowest BCUT2D eigenvalue weighted by Gasteiger charge is -2.16. The van der Waals surface area contributed by atoms with Crippen molar-refractivity contribution in [2.24, 2.45) is 0 Å². The van der Waals surface area contributed by atoms with Crippen molar-refractivity contribution in [3.05, 3.63) is 89.2 Å². The number of rotatable bonds is 9. The second-order valence-electron chi connectivity index (χ2n) is 8.35. The van der Waals surface area contributed by atoms with Crippen LogP contribution in [0.25, 0.3) is 11.5 Å². The Bertz CT molecular complexity index is 1350. The Morgan fingerprint density at radius 3 is 2.44 bits per heavy atom. The van der Waals surface area contributed by atoms with Gasteiger partial charge in [-0.2, -0.15) is 0 Å². The summed E-state index contributed by atoms with van der Waals surface area (Å²) in [6, 6.07) is 17.8. The van der Waals surface area contributed by atoms with Gasteiger partial charge in [0.05, 0.1) is 12.1 Å². The number of anilines is 2. The predicted octanol–water partition coefficient (Wildman–Crippen LogP) is 4.64. The van der Waals surface area contributed by atoms with Crippen LogP contribution in [0.5, 0.6) is 0 Å². The Kier molecular flexibility index (Phi) is 7.50. The molecule has 0 bridgehead atoms. The van der Waals surface area contributed by atoms with E-state index in [1.165, 1.54) is 0 Å². The van der Waals surface area contributed by atoms with Crippen LogP contribution in [0.4, 0.5) is 11.4 Å². The Labute approximate surface area is 209 Å². The molecule has 2 N–H and O–H groups in total. The summed E-state index contributed by atoms with van der Waals surface area (Å²) in [5.41, 5.74) is 3.41. The molecule has 0 aliphatic heterocycles. The lowest BCUT2D eigenvalue weighted by molar-refractivity contribution is 0.0949. The van der Waals surface area contributed by atoms with Crippen LogP contribution in [0.3, 0.4) is 0 Å². The molecule has 0 radical (unpaired) electrons. The van der Waals surface area contributed by atoms with Gasteiger partial charge in [-0.25, -0.2) is 4.98 Å². The number of benzene rings is 2. The molecule has 0 aliphatic carbocycles. The van der Waals surface area contributed by atoms with E-state index in [1.54, 1.807) is 49.6 Å². The summed E-state index contributed by atoms with van der Waals surface area (Å²) < 4.78 is 16.3. The maximum absolute atomic E-state index is 12.7. The number of methoxy groups -OCH3 is 1. The van der Waals surface area contributed by atoms with Crippen molar-refractivity contribution >= 4 is 23.2 Å². The summed E-state index contributed by atoms with van der Waals surface area (Å²) in [5, 5.41) is 5.71. The largest absolute Gasteiger partial charge is 0.453 e. The van der Waals surface area contributed by atoms with Crippen LogP contribution in [-0.2, 0) is 17.9 Å². The average molecular weight is 489 g/mol. The lowest BCUT2D eigenvalue weighted by atomic mass is 10.1. The highest BCUT2D eigenvalue weighted by Crippen LogP contribution is 2.24. The van der Waals surface area contributed by atoms with Crippen LogP contribution < -0.4 is 15.5 Å². The van der Waals surface area contributed by atoms with Crippen molar-refractivity contribution in [3.63, 3.8) is 0 Å². The van der Waals surface area contributed by atoms with Gasteiger partial charge in [0.25, 0.3) is 11.8 Å². The molecule has 0 fully saturated rings. The number of nitrogens with zero attached hydrogens (tertiary/aromatic N) is 2. The Balaban J connectivity index is 1.39. The zero-order valence-electron chi connectivity index (χ0n) is 20.6. The van der Waals surface area contributed by atoms with Gasteiger partial charge >= 0.3 is 0 Å². The minimum Gasteiger partial charge on any atom is -0.453 e. The van der Waals surface area contributed by atoms with Crippen molar-refractivity contribution in [2.45, 2.75) is 20.1 Å². The third kappa shape index (κ3) is 5.64. The molecule has 4 rings (SSSR count). The number of nitrogens with one attached hydrogen (secondary N) is 2. The molecule has 9 heteroatoms. The molecular weight excluding hydrogens is 460 g/mol. The number of amides is 2. The van der Waals surface area contributed by atoms with Gasteiger partial charge in [0.2, 0.25) is 5.89 Å². The second kappa shape index (κ2) is 10.9. The minimum atomic E-state index is -0.356. The van der Waals surface area contributed by atoms with Crippen molar-refractivity contribution in [3.8, 4) is 11.5 Å². The number of aromatic nitrogens is 1. The van der Waals surface area contributed by atoms with Crippen LogP contribution >= 0.6 is 0 Å². The molecule has 9 nitrogen and oxygen atoms in total. The van der Waals surface area contributed by atoms with Gasteiger partial charge in [-0.15, -0.1) is 0 Å². The van der Waals surface area contributed by atoms with Crippen molar-refractivity contribution < 1.29 is 23.2 Å². The third-order valence-electron chi connectivity index (χ3n) is 5.50. The molecule has 2 heterocycles. The van der Waals surface area contributed by atoms with E-state index in [0.717, 1.165) is 11.3 Å². The predicted molar refractivity (Wildman–Crippen MR) is 136 cm³/mol. The van der Waals surface area contributed by atoms with E-state index in [4.69, 9.17) is 13.6 Å². The zero-order chi connectivity index (χ0) is 25.7. The molecule has 0 saturated carbocycles. The normalized spacial score (nSPS) is 10.8. The first-order valence-electron chi connectivity index (χ1n) is 11.4. The maximum atomic E-state index is 12.7. The first-order valence-corrected chi connectivity index (χ1v) is 11.4. The number of carbonyl (C=O) groups is 2. The van der Waals surface area contributed by atoms with E-state index in [9.17, 15) is 9.59 Å². The molecular formula is C27H28N4O5. The summed E-state index contributed by atoms with van der Waals surface area (Å²) in [4.78, 5) is 31.6. The highest BCUT2D eigenvalue weighted by atomic mass is 16.5. The zero-order valence-corrected chi connectivity index (χ0v) is 20.6. The highest BCUT2D eigenvalue weighted by molar-refractivity contribution is 6.02. The molecule has 0 aliphatic rings. The van der Waals surface area contributed by atoms with Gasteiger partial charge in [-0.05, 0) is 55.5 Å². The van der Waals surface area contributed by atoms with Gasteiger partial charge in [-0.1, -0.05) is 12.1 Å². The van der Waals surface area contributed by atoms with E-state index >= 15 is 0 Å². The Hall–Kier alpha value is -4.37. The minimum absolute atomic E-state index is 0.186. The fraction of sp³-hybridized carbons (Fsp3) is 0.222. The maximum Gasteiger partial charge on any atom is 0.291 e. The Morgan fingerprint density at radius 1 is 0.972 bits per heavy atom. The van der Waals surface area contributed by atoms with Crippen LogP contribution in [0.1, 0.15) is 38.1 Å². The Morgan fingerprint density at radius 2 is 1.72 bits per heavy atom. The van der Waals surface area contributed by atoms with Gasteiger partial charge in [0, 0.05) is 38.1 Å². The smallest absolute Gasteiger partial charge is 0.291 e. The molecule has 0 unspecified atom stereocenters. The molecule has 186 valence electrons. The quantitative estimate of drug-likeness (QED) is 0.353. The van der Waals surface area contributed by atoms with Crippen LogP contribution in [-0.4, -0.2) is 38.0 Å². The molecule has 0 saturated heterocycles. The molecule has 2 aromatic carbocycles. The summed E-state index contributed by atoms with van der Waals surface area (Å²) in [6.07, 6.45) is 0. The number of carbonyl (C=O) groups excluding carboxylic acids is 2. The fourth-order valence-electron chi connectivity index (χ4n) is 3.64. The molecule has 0 spiro atoms. The number of aryl methyl sites for hydroxylation is 1. The molecule has 2 amide bonds. The summed E-state index contributed by atoms with van der Waals surface area (Å²) in [6.45, 7) is 2.34. The SMILES string of the molecule is COCc1ccc(C(=O)Nc2ccc(-c3nc(CNC(=O)c4ccccc4N(C)C)c(C)o3)cc2)o1. The first kappa shape index (κ1) is 24.7. The van der Waals surface area contributed by atoms with Crippen molar-refractivity contribution in [1.82, 2.24) is 10.3 Å². The standard InChI is InChI=1S/C27H28N4O5/c1-17-22(15-28-25(32)21-7-5-6-8-23(21)31(2)3)30-27(35-17)18-9-11-19(12-10-18)29-26(33)24-14-13-20(36-24)16-34-4/h5-14H,15-16H2,1-4H3,(H,28,32)(H,29,33). The third-order valence-corrected chi connectivity index (χ3v) is 5.50. The number of ether oxygens (including phenoxy) is 1. The van der Waals surface area contributed by atoms with E-state index < -0.39 is 0 Å². The fourth-order valence-corrected chi connectivity index (χ4v) is 3.64. The summed E-state index contributed by atoms with van der Waals surface area (Å²) in [7, 11) is 5.35. The van der Waals surface area contributed by atoms with E-state index in [2.05, 4.69) is 15.6 Å². The van der Waals surface area contributed by atoms with Crippen LogP contribution in [0.15, 0.2) is 69.5 Å². The molecule has 2 aromatic heterocycles. The van der Waals surface area contributed by atoms with E-state index in [0.29, 0.717) is 41.0 Å². The summed E-state index contributed by atoms with van der Waals surface area (Å²) in [5.74, 6) is 1.28. The monoisotopic (exact) mass is 488 g/mol. The van der Waals surface area contributed by atoms with Crippen LogP contribution in [0.2, 0.25) is 0 Å². The molecule has 36 heavy (non-hydrogen) atoms. The number of furan rings is 1. The number of hydrogen-bond donors (Lipinski definition) is 2. The summed E-state index contributed by atoms with van der Waals surface area (Å²) >= 11 is 0. The first-order chi connectivity index (χ1) is 17.4. The van der Waals surface area contributed by atoms with E-state index in [-0.39, 0.29) is 24.1 Å². The number of oxazole rings is 1. The number of hydrogen-bond acceptors (Lipinski definition) is 7. The van der Waals surface area contributed by atoms with Crippen LogP contribution in [0, 0.1) is 6.92 Å². The van der Waals surface area contributed by atoms with Gasteiger partial charge < -0.3 is 29.1 Å². The van der Waals surface area contributed by atoms with Crippen molar-refractivity contribution in [2.75, 3.05) is 31.4 Å². The topological polar surface area (TPSA) is 110 Å². The highest BCUT2D eigenvalue weighted by Gasteiger charge is 2.16. The van der Waals surface area contributed by atoms with Gasteiger partial charge in [-0.3, -0.25) is 9.59 Å². The van der Waals surface area contributed by atoms with Crippen molar-refractivity contribution in [1.29, 1.82) is 0 Å². The number of para-hydroxylation sites is 1.